The van der Waals surface area contributed by atoms with Gasteiger partial charge in [-0.05, 0) is 43.4 Å². The first-order valence-corrected chi connectivity index (χ1v) is 11.2. The van der Waals surface area contributed by atoms with Crippen molar-refractivity contribution in [3.63, 3.8) is 0 Å². The van der Waals surface area contributed by atoms with E-state index in [1.54, 1.807) is 17.5 Å². The smallest absolute Gasteiger partial charge is 0.164 e. The fourth-order valence-electron chi connectivity index (χ4n) is 4.29. The Bertz CT molecular complexity index is 1110. The summed E-state index contributed by atoms with van der Waals surface area (Å²) in [6.45, 7) is 3.34. The second kappa shape index (κ2) is 7.91. The minimum Gasteiger partial charge on any atom is -0.353 e. The Balaban J connectivity index is 1.75. The lowest BCUT2D eigenvalue weighted by molar-refractivity contribution is 0.448. The summed E-state index contributed by atoms with van der Waals surface area (Å²) < 4.78 is 0. The van der Waals surface area contributed by atoms with Gasteiger partial charge >= 0.3 is 0 Å². The van der Waals surface area contributed by atoms with Gasteiger partial charge in [0, 0.05) is 41.5 Å². The van der Waals surface area contributed by atoms with Crippen molar-refractivity contribution in [2.24, 2.45) is 0 Å². The van der Waals surface area contributed by atoms with Crippen molar-refractivity contribution in [3.05, 3.63) is 60.2 Å². The molecule has 146 valence electrons. The Kier molecular flexibility index (Phi) is 4.98. The van der Waals surface area contributed by atoms with Crippen LogP contribution in [0.25, 0.3) is 32.7 Å². The fourth-order valence-corrected chi connectivity index (χ4v) is 5.23. The number of aromatic nitrogens is 3. The minimum absolute atomic E-state index is 0.534. The maximum atomic E-state index is 5.13. The molecule has 0 N–H and O–H groups in total. The molecule has 5 heteroatoms. The van der Waals surface area contributed by atoms with E-state index in [0.29, 0.717) is 6.04 Å². The van der Waals surface area contributed by atoms with E-state index in [4.69, 9.17) is 9.97 Å². The largest absolute Gasteiger partial charge is 0.353 e. The highest BCUT2D eigenvalue weighted by atomic mass is 32.1. The van der Waals surface area contributed by atoms with Gasteiger partial charge in [0.15, 0.2) is 5.82 Å². The summed E-state index contributed by atoms with van der Waals surface area (Å²) in [6.07, 6.45) is 8.53. The van der Waals surface area contributed by atoms with Crippen LogP contribution < -0.4 is 4.90 Å². The van der Waals surface area contributed by atoms with Crippen LogP contribution in [0.15, 0.2) is 60.2 Å². The first kappa shape index (κ1) is 18.3. The molecular weight excluding hydrogens is 376 g/mol. The summed E-state index contributed by atoms with van der Waals surface area (Å²) >= 11 is 1.71. The van der Waals surface area contributed by atoms with Gasteiger partial charge in [-0.2, -0.15) is 0 Å². The van der Waals surface area contributed by atoms with Gasteiger partial charge in [-0.25, -0.2) is 9.97 Å². The first-order chi connectivity index (χ1) is 14.3. The van der Waals surface area contributed by atoms with Crippen LogP contribution in [0, 0.1) is 0 Å². The molecule has 29 heavy (non-hydrogen) atoms. The molecule has 0 saturated carbocycles. The number of hydrogen-bond donors (Lipinski definition) is 0. The second-order valence-corrected chi connectivity index (χ2v) is 8.42. The van der Waals surface area contributed by atoms with Crippen molar-refractivity contribution in [2.75, 3.05) is 11.4 Å². The van der Waals surface area contributed by atoms with Crippen molar-refractivity contribution >= 4 is 27.4 Å². The van der Waals surface area contributed by atoms with E-state index in [2.05, 4.69) is 52.5 Å². The second-order valence-electron chi connectivity index (χ2n) is 7.56. The van der Waals surface area contributed by atoms with Crippen LogP contribution in [0.1, 0.15) is 32.6 Å². The zero-order valence-corrected chi connectivity index (χ0v) is 17.4. The molecule has 0 unspecified atom stereocenters. The normalized spacial score (nSPS) is 17.0. The number of nitrogens with zero attached hydrogens (tertiary/aromatic N) is 4. The zero-order chi connectivity index (χ0) is 19.6. The topological polar surface area (TPSA) is 41.9 Å². The number of fused-ring (bicyclic) bond motifs is 1. The molecule has 0 aliphatic carbocycles. The van der Waals surface area contributed by atoms with Crippen LogP contribution in [0.3, 0.4) is 0 Å². The molecule has 1 aromatic carbocycles. The van der Waals surface area contributed by atoms with Gasteiger partial charge in [-0.1, -0.05) is 37.3 Å². The van der Waals surface area contributed by atoms with E-state index in [1.165, 1.54) is 35.8 Å². The van der Waals surface area contributed by atoms with Gasteiger partial charge in [-0.3, -0.25) is 4.98 Å². The highest BCUT2D eigenvalue weighted by Crippen LogP contribution is 2.41. The van der Waals surface area contributed by atoms with Crippen LogP contribution >= 0.6 is 11.3 Å². The lowest BCUT2D eigenvalue weighted by Gasteiger charge is -2.36. The monoisotopic (exact) mass is 400 g/mol. The van der Waals surface area contributed by atoms with Gasteiger partial charge in [0.25, 0.3) is 0 Å². The van der Waals surface area contributed by atoms with Crippen LogP contribution in [-0.4, -0.2) is 27.5 Å². The Labute approximate surface area is 175 Å². The standard InChI is InChI=1S/C24H24N4S/c1-2-19-12-6-7-14-28(19)23-21-20(17-9-4-3-5-10-17)16-29-24(21)27-22(26-23)18-11-8-13-25-15-18/h3-5,8-11,13,15-16,19H,2,6-7,12,14H2,1H3/t19-/m0/s1. The third kappa shape index (κ3) is 3.40. The van der Waals surface area contributed by atoms with Crippen molar-refractivity contribution in [1.82, 2.24) is 15.0 Å². The third-order valence-corrected chi connectivity index (χ3v) is 6.66. The summed E-state index contributed by atoms with van der Waals surface area (Å²) in [5.74, 6) is 1.85. The van der Waals surface area contributed by atoms with Crippen LogP contribution in [-0.2, 0) is 0 Å². The summed E-state index contributed by atoms with van der Waals surface area (Å²) in [6, 6.07) is 15.1. The van der Waals surface area contributed by atoms with E-state index in [0.717, 1.165) is 35.0 Å². The molecule has 5 rings (SSSR count). The molecule has 4 nitrogen and oxygen atoms in total. The Morgan fingerprint density at radius 1 is 1.03 bits per heavy atom. The molecule has 1 aliphatic rings. The number of benzene rings is 1. The third-order valence-electron chi connectivity index (χ3n) is 5.79. The maximum Gasteiger partial charge on any atom is 0.164 e. The van der Waals surface area contributed by atoms with Crippen molar-refractivity contribution < 1.29 is 0 Å². The van der Waals surface area contributed by atoms with Gasteiger partial charge in [0.2, 0.25) is 0 Å². The van der Waals surface area contributed by atoms with E-state index < -0.39 is 0 Å². The SMILES string of the molecule is CC[C@H]1CCCCN1c1nc(-c2cccnc2)nc2scc(-c3ccccc3)c12. The summed E-state index contributed by atoms with van der Waals surface area (Å²) in [7, 11) is 0. The molecule has 0 amide bonds. The highest BCUT2D eigenvalue weighted by molar-refractivity contribution is 7.17. The van der Waals surface area contributed by atoms with E-state index in [1.807, 2.05) is 18.3 Å². The van der Waals surface area contributed by atoms with Gasteiger partial charge in [0.1, 0.15) is 10.6 Å². The zero-order valence-electron chi connectivity index (χ0n) is 16.6. The summed E-state index contributed by atoms with van der Waals surface area (Å²) in [4.78, 5) is 17.9. The average molecular weight is 401 g/mol. The van der Waals surface area contributed by atoms with Crippen LogP contribution in [0.4, 0.5) is 5.82 Å². The average Bonchev–Trinajstić information content (AvgIpc) is 3.24. The number of anilines is 1. The molecule has 1 fully saturated rings. The maximum absolute atomic E-state index is 5.13. The van der Waals surface area contributed by atoms with Crippen molar-refractivity contribution in [3.8, 4) is 22.5 Å². The number of hydrogen-bond acceptors (Lipinski definition) is 5. The molecule has 4 aromatic rings. The van der Waals surface area contributed by atoms with Crippen molar-refractivity contribution in [2.45, 2.75) is 38.6 Å². The van der Waals surface area contributed by atoms with E-state index >= 15 is 0 Å². The molecule has 0 radical (unpaired) electrons. The summed E-state index contributed by atoms with van der Waals surface area (Å²) in [5, 5.41) is 3.42. The number of piperidine rings is 1. The van der Waals surface area contributed by atoms with Gasteiger partial charge in [-0.15, -0.1) is 11.3 Å². The lowest BCUT2D eigenvalue weighted by Crippen LogP contribution is -2.39. The van der Waals surface area contributed by atoms with Gasteiger partial charge in [0.05, 0.1) is 5.39 Å². The molecule has 1 aliphatic heterocycles. The Morgan fingerprint density at radius 3 is 2.69 bits per heavy atom. The Morgan fingerprint density at radius 2 is 1.90 bits per heavy atom. The van der Waals surface area contributed by atoms with Crippen LogP contribution in [0.5, 0.6) is 0 Å². The van der Waals surface area contributed by atoms with Crippen LogP contribution in [0.2, 0.25) is 0 Å². The van der Waals surface area contributed by atoms with Crippen molar-refractivity contribution in [1.29, 1.82) is 0 Å². The van der Waals surface area contributed by atoms with E-state index in [-0.39, 0.29) is 0 Å². The molecule has 4 heterocycles. The van der Waals surface area contributed by atoms with Gasteiger partial charge < -0.3 is 4.90 Å². The minimum atomic E-state index is 0.534. The first-order valence-electron chi connectivity index (χ1n) is 10.4. The molecule has 0 bridgehead atoms. The number of thiophene rings is 1. The number of pyridine rings is 1. The van der Waals surface area contributed by atoms with E-state index in [9.17, 15) is 0 Å². The predicted molar refractivity (Wildman–Crippen MR) is 121 cm³/mol. The molecule has 0 spiro atoms. The summed E-state index contributed by atoms with van der Waals surface area (Å²) in [5.41, 5.74) is 3.43. The molecule has 3 aromatic heterocycles. The predicted octanol–water partition coefficient (Wildman–Crippen LogP) is 6.19. The quantitative estimate of drug-likeness (QED) is 0.410. The lowest BCUT2D eigenvalue weighted by atomic mass is 9.98. The number of rotatable bonds is 4. The molecular formula is C24H24N4S. The Hall–Kier alpha value is -2.79. The molecule has 1 saturated heterocycles. The highest BCUT2D eigenvalue weighted by Gasteiger charge is 2.27. The molecule has 1 atom stereocenters. The fraction of sp³-hybridized carbons (Fsp3) is 0.292.